The minimum atomic E-state index is -3.66. The lowest BCUT2D eigenvalue weighted by Crippen LogP contribution is -2.35. The van der Waals surface area contributed by atoms with E-state index in [-0.39, 0.29) is 17.1 Å². The van der Waals surface area contributed by atoms with Gasteiger partial charge in [-0.3, -0.25) is 0 Å². The second-order valence-electron chi connectivity index (χ2n) is 7.42. The van der Waals surface area contributed by atoms with E-state index in [0.717, 1.165) is 20.7 Å². The first-order valence-corrected chi connectivity index (χ1v) is 12.6. The van der Waals surface area contributed by atoms with Crippen LogP contribution in [0.4, 0.5) is 15.9 Å². The molecule has 0 atom stereocenters. The number of ether oxygens (including phenoxy) is 1. The SMILES string of the molecule is COc1ccc(S(=O)(=O)N2CCc3c(sc4ncnc(Nc5ccc(Cl)cc5F)c34)C2)cc1. The molecule has 0 spiro atoms. The molecular weight excluding hydrogens is 487 g/mol. The predicted octanol–water partition coefficient (Wildman–Crippen LogP) is 4.98. The molecule has 1 aliphatic rings. The van der Waals surface area contributed by atoms with Crippen LogP contribution in [0.5, 0.6) is 5.75 Å². The molecule has 1 N–H and O–H groups in total. The highest BCUT2D eigenvalue weighted by Gasteiger charge is 2.31. The number of anilines is 2. The van der Waals surface area contributed by atoms with E-state index in [9.17, 15) is 12.8 Å². The lowest BCUT2D eigenvalue weighted by molar-refractivity contribution is 0.396. The van der Waals surface area contributed by atoms with E-state index >= 15 is 0 Å². The molecule has 2 aromatic heterocycles. The van der Waals surface area contributed by atoms with Crippen molar-refractivity contribution in [2.75, 3.05) is 19.0 Å². The summed E-state index contributed by atoms with van der Waals surface area (Å²) < 4.78 is 47.3. The number of sulfonamides is 1. The van der Waals surface area contributed by atoms with E-state index in [4.69, 9.17) is 16.3 Å². The van der Waals surface area contributed by atoms with Crippen LogP contribution < -0.4 is 10.1 Å². The van der Waals surface area contributed by atoms with Gasteiger partial charge in [0.05, 0.1) is 23.1 Å². The van der Waals surface area contributed by atoms with Crippen molar-refractivity contribution in [2.45, 2.75) is 17.9 Å². The van der Waals surface area contributed by atoms with Gasteiger partial charge in [0.2, 0.25) is 10.0 Å². The third kappa shape index (κ3) is 4.04. The summed E-state index contributed by atoms with van der Waals surface area (Å²) in [5, 5.41) is 4.12. The fraction of sp³-hybridized carbons (Fsp3) is 0.182. The van der Waals surface area contributed by atoms with Gasteiger partial charge >= 0.3 is 0 Å². The van der Waals surface area contributed by atoms with E-state index in [1.165, 1.54) is 35.1 Å². The number of rotatable bonds is 5. The number of halogens is 2. The Morgan fingerprint density at radius 2 is 1.97 bits per heavy atom. The molecule has 0 radical (unpaired) electrons. The fourth-order valence-corrected chi connectivity index (χ4v) is 6.67. The number of hydrogen-bond acceptors (Lipinski definition) is 7. The quantitative estimate of drug-likeness (QED) is 0.412. The number of methoxy groups -OCH3 is 1. The number of hydrogen-bond donors (Lipinski definition) is 1. The lowest BCUT2D eigenvalue weighted by Gasteiger charge is -2.26. The van der Waals surface area contributed by atoms with Gasteiger partial charge in [-0.05, 0) is 54.4 Å². The second-order valence-corrected chi connectivity index (χ2v) is 10.9. The van der Waals surface area contributed by atoms with Crippen molar-refractivity contribution >= 4 is 54.7 Å². The summed E-state index contributed by atoms with van der Waals surface area (Å²) >= 11 is 7.27. The Bertz CT molecular complexity index is 1460. The normalized spacial score (nSPS) is 14.3. The van der Waals surface area contributed by atoms with Crippen LogP contribution in [-0.2, 0) is 23.0 Å². The van der Waals surface area contributed by atoms with E-state index in [1.807, 2.05) is 0 Å². The molecule has 0 amide bonds. The van der Waals surface area contributed by atoms with Crippen molar-refractivity contribution in [1.82, 2.24) is 14.3 Å². The largest absolute Gasteiger partial charge is 0.497 e. The summed E-state index contributed by atoms with van der Waals surface area (Å²) in [5.74, 6) is 0.579. The monoisotopic (exact) mass is 504 g/mol. The zero-order valence-electron chi connectivity index (χ0n) is 17.4. The third-order valence-electron chi connectivity index (χ3n) is 5.48. The maximum absolute atomic E-state index is 14.3. The van der Waals surface area contributed by atoms with Crippen LogP contribution in [-0.4, -0.2) is 36.3 Å². The van der Waals surface area contributed by atoms with E-state index in [1.54, 1.807) is 36.4 Å². The van der Waals surface area contributed by atoms with Gasteiger partial charge in [0.15, 0.2) is 0 Å². The molecule has 33 heavy (non-hydrogen) atoms. The highest BCUT2D eigenvalue weighted by Crippen LogP contribution is 2.39. The summed E-state index contributed by atoms with van der Waals surface area (Å²) in [6.45, 7) is 0.552. The molecule has 0 saturated heterocycles. The molecule has 4 aromatic rings. The molecule has 5 rings (SSSR count). The van der Waals surface area contributed by atoms with Crippen LogP contribution in [0, 0.1) is 5.82 Å². The van der Waals surface area contributed by atoms with E-state index < -0.39 is 15.8 Å². The van der Waals surface area contributed by atoms with Gasteiger partial charge in [-0.25, -0.2) is 22.8 Å². The maximum Gasteiger partial charge on any atom is 0.243 e. The predicted molar refractivity (Wildman–Crippen MR) is 126 cm³/mol. The highest BCUT2D eigenvalue weighted by molar-refractivity contribution is 7.89. The van der Waals surface area contributed by atoms with Gasteiger partial charge in [-0.15, -0.1) is 11.3 Å². The summed E-state index contributed by atoms with van der Waals surface area (Å²) in [6, 6.07) is 10.7. The maximum atomic E-state index is 14.3. The van der Waals surface area contributed by atoms with Gasteiger partial charge in [0.1, 0.15) is 28.5 Å². The van der Waals surface area contributed by atoms with E-state index in [0.29, 0.717) is 29.6 Å². The number of benzene rings is 2. The van der Waals surface area contributed by atoms with Crippen molar-refractivity contribution < 1.29 is 17.5 Å². The smallest absolute Gasteiger partial charge is 0.243 e. The zero-order chi connectivity index (χ0) is 23.2. The Kier molecular flexibility index (Phi) is 5.69. The molecule has 0 aliphatic carbocycles. The Hall–Kier alpha value is -2.79. The summed E-state index contributed by atoms with van der Waals surface area (Å²) in [7, 11) is -2.13. The van der Waals surface area contributed by atoms with Gasteiger partial charge in [-0.2, -0.15) is 4.31 Å². The molecule has 0 fully saturated rings. The van der Waals surface area contributed by atoms with Crippen LogP contribution in [0.3, 0.4) is 0 Å². The van der Waals surface area contributed by atoms with Crippen molar-refractivity contribution in [3.8, 4) is 5.75 Å². The first-order valence-electron chi connectivity index (χ1n) is 9.98. The molecule has 11 heteroatoms. The molecule has 3 heterocycles. The van der Waals surface area contributed by atoms with Gasteiger partial charge < -0.3 is 10.1 Å². The third-order valence-corrected chi connectivity index (χ3v) is 8.70. The Morgan fingerprint density at radius 3 is 2.70 bits per heavy atom. The van der Waals surface area contributed by atoms with E-state index in [2.05, 4.69) is 15.3 Å². The Morgan fingerprint density at radius 1 is 1.18 bits per heavy atom. The number of thiophene rings is 1. The molecule has 0 saturated carbocycles. The van der Waals surface area contributed by atoms with Crippen molar-refractivity contribution in [3.05, 3.63) is 70.1 Å². The number of nitrogens with one attached hydrogen (secondary N) is 1. The second kappa shape index (κ2) is 8.53. The van der Waals surface area contributed by atoms with Crippen molar-refractivity contribution in [3.63, 3.8) is 0 Å². The molecule has 1 aliphatic heterocycles. The van der Waals surface area contributed by atoms with Crippen LogP contribution >= 0.6 is 22.9 Å². The molecule has 7 nitrogen and oxygen atoms in total. The molecule has 0 unspecified atom stereocenters. The molecule has 170 valence electrons. The lowest BCUT2D eigenvalue weighted by atomic mass is 10.1. The summed E-state index contributed by atoms with van der Waals surface area (Å²) in [4.78, 5) is 10.5. The number of aromatic nitrogens is 2. The Balaban J connectivity index is 1.48. The first kappa shape index (κ1) is 22.0. The van der Waals surface area contributed by atoms with Crippen molar-refractivity contribution in [2.24, 2.45) is 0 Å². The van der Waals surface area contributed by atoms with Gasteiger partial charge in [-0.1, -0.05) is 11.6 Å². The van der Waals surface area contributed by atoms with Crippen molar-refractivity contribution in [1.29, 1.82) is 0 Å². The molecule has 2 aromatic carbocycles. The zero-order valence-corrected chi connectivity index (χ0v) is 19.8. The average molecular weight is 505 g/mol. The average Bonchev–Trinajstić information content (AvgIpc) is 3.19. The molecule has 0 bridgehead atoms. The molecular formula is C22H18ClFN4O3S2. The summed E-state index contributed by atoms with van der Waals surface area (Å²) in [5.41, 5.74) is 1.23. The van der Waals surface area contributed by atoms with Crippen LogP contribution in [0.2, 0.25) is 5.02 Å². The summed E-state index contributed by atoms with van der Waals surface area (Å²) in [6.07, 6.45) is 1.90. The van der Waals surface area contributed by atoms with Crippen LogP contribution in [0.25, 0.3) is 10.2 Å². The minimum absolute atomic E-state index is 0.216. The van der Waals surface area contributed by atoms with Gasteiger partial charge in [0, 0.05) is 23.0 Å². The minimum Gasteiger partial charge on any atom is -0.497 e. The topological polar surface area (TPSA) is 84.4 Å². The number of nitrogens with zero attached hydrogens (tertiary/aromatic N) is 3. The van der Waals surface area contributed by atoms with Crippen LogP contribution in [0.1, 0.15) is 10.4 Å². The van der Waals surface area contributed by atoms with Crippen LogP contribution in [0.15, 0.2) is 53.7 Å². The Labute approximate surface area is 198 Å². The van der Waals surface area contributed by atoms with Gasteiger partial charge in [0.25, 0.3) is 0 Å². The first-order chi connectivity index (χ1) is 15.9. The standard InChI is InChI=1S/C22H18ClFN4O3S2/c1-31-14-3-5-15(6-4-14)33(29,30)28-9-8-16-19(11-28)32-22-20(16)21(25-12-26-22)27-18-7-2-13(23)10-17(18)24/h2-7,10,12H,8-9,11H2,1H3,(H,25,26,27). The number of fused-ring (bicyclic) bond motifs is 3. The highest BCUT2D eigenvalue weighted by atomic mass is 35.5. The fourth-order valence-electron chi connectivity index (χ4n) is 3.82.